The molecule has 0 radical (unpaired) electrons. The van der Waals surface area contributed by atoms with Gasteiger partial charge in [-0.05, 0) is 30.7 Å². The molecule has 1 N–H and O–H groups in total. The third-order valence-corrected chi connectivity index (χ3v) is 5.94. The van der Waals surface area contributed by atoms with Gasteiger partial charge in [0, 0.05) is 29.7 Å². The average Bonchev–Trinajstić information content (AvgIpc) is 3.65. The highest BCUT2D eigenvalue weighted by Crippen LogP contribution is 2.27. The van der Waals surface area contributed by atoms with Gasteiger partial charge in [-0.1, -0.05) is 41.6 Å². The van der Waals surface area contributed by atoms with Crippen LogP contribution in [0.2, 0.25) is 0 Å². The van der Waals surface area contributed by atoms with Crippen molar-refractivity contribution in [2.45, 2.75) is 32.5 Å². The third-order valence-electron chi connectivity index (χ3n) is 5.94. The van der Waals surface area contributed by atoms with Crippen molar-refractivity contribution in [3.8, 4) is 11.3 Å². The van der Waals surface area contributed by atoms with Crippen molar-refractivity contribution in [1.82, 2.24) is 15.1 Å². The zero-order chi connectivity index (χ0) is 25.1. The van der Waals surface area contributed by atoms with Gasteiger partial charge in [-0.2, -0.15) is 5.10 Å². The molecule has 1 aliphatic rings. The molecular weight excluding hydrogens is 462 g/mol. The van der Waals surface area contributed by atoms with Gasteiger partial charge in [-0.25, -0.2) is 0 Å². The molecule has 182 valence electrons. The number of carbonyl (C=O) groups is 1. The van der Waals surface area contributed by atoms with Gasteiger partial charge in [-0.3, -0.25) is 19.6 Å². The number of amides is 1. The number of furan rings is 1. The zero-order valence-corrected chi connectivity index (χ0v) is 19.5. The Hall–Kier alpha value is -4.73. The number of nitro groups is 1. The summed E-state index contributed by atoms with van der Waals surface area (Å²) in [6.45, 7) is 2.60. The molecule has 1 amide bonds. The molecule has 1 unspecified atom stereocenters. The topological polar surface area (TPSA) is 125 Å². The largest absolute Gasteiger partial charge is 0.467 e. The first-order valence-corrected chi connectivity index (χ1v) is 11.4. The van der Waals surface area contributed by atoms with Gasteiger partial charge in [0.25, 0.3) is 11.6 Å². The first-order chi connectivity index (χ1) is 17.5. The van der Waals surface area contributed by atoms with Crippen LogP contribution in [0.25, 0.3) is 11.3 Å². The van der Waals surface area contributed by atoms with Crippen molar-refractivity contribution in [2.75, 3.05) is 0 Å². The minimum absolute atomic E-state index is 0.00207. The Kier molecular flexibility index (Phi) is 6.31. The second-order valence-electron chi connectivity index (χ2n) is 8.45. The normalized spacial score (nSPS) is 14.8. The molecule has 0 aliphatic carbocycles. The first-order valence-electron chi connectivity index (χ1n) is 11.4. The van der Waals surface area contributed by atoms with E-state index in [0.717, 1.165) is 16.8 Å². The smallest absolute Gasteiger partial charge is 0.272 e. The van der Waals surface area contributed by atoms with E-state index < -0.39 is 4.92 Å². The predicted octanol–water partition coefficient (Wildman–Crippen LogP) is 4.48. The molecule has 0 saturated carbocycles. The molecule has 10 nitrogen and oxygen atoms in total. The molecule has 0 fully saturated rings. The van der Waals surface area contributed by atoms with E-state index in [1.165, 1.54) is 12.1 Å². The van der Waals surface area contributed by atoms with Crippen molar-refractivity contribution >= 4 is 17.3 Å². The summed E-state index contributed by atoms with van der Waals surface area (Å²) in [6.07, 6.45) is 1.66. The van der Waals surface area contributed by atoms with Crippen LogP contribution in [0.5, 0.6) is 0 Å². The number of nitrogens with zero attached hydrogens (tertiary/aromatic N) is 4. The lowest BCUT2D eigenvalue weighted by atomic mass is 10.0. The SMILES string of the molecule is Cc1ccccc1-c1cc(C(=O)NCc2ccco2)nn1CC1CC(c2cccc([N+](=O)[O-])c2)=NO1. The number of oxime groups is 1. The Bertz CT molecular complexity index is 1440. The van der Waals surface area contributed by atoms with Gasteiger partial charge in [0.05, 0.1) is 35.7 Å². The molecule has 2 aromatic heterocycles. The maximum absolute atomic E-state index is 12.8. The van der Waals surface area contributed by atoms with Crippen LogP contribution in [0, 0.1) is 17.0 Å². The number of non-ortho nitro benzene ring substituents is 1. The Labute approximate surface area is 206 Å². The number of aryl methyl sites for hydroxylation is 1. The van der Waals surface area contributed by atoms with E-state index in [9.17, 15) is 14.9 Å². The fraction of sp³-hybridized carbons (Fsp3) is 0.192. The van der Waals surface area contributed by atoms with E-state index in [1.807, 2.05) is 31.2 Å². The van der Waals surface area contributed by atoms with E-state index in [0.29, 0.717) is 30.0 Å². The van der Waals surface area contributed by atoms with Crippen LogP contribution in [-0.4, -0.2) is 32.4 Å². The van der Waals surface area contributed by atoms with Crippen LogP contribution < -0.4 is 5.32 Å². The van der Waals surface area contributed by atoms with E-state index in [-0.39, 0.29) is 29.9 Å². The molecule has 4 aromatic rings. The monoisotopic (exact) mass is 485 g/mol. The maximum atomic E-state index is 12.8. The highest BCUT2D eigenvalue weighted by atomic mass is 16.6. The minimum Gasteiger partial charge on any atom is -0.467 e. The minimum atomic E-state index is -0.436. The molecule has 1 aliphatic heterocycles. The van der Waals surface area contributed by atoms with E-state index in [4.69, 9.17) is 9.25 Å². The molecule has 0 saturated heterocycles. The van der Waals surface area contributed by atoms with Crippen LogP contribution in [-0.2, 0) is 17.9 Å². The van der Waals surface area contributed by atoms with Crippen LogP contribution in [0.3, 0.4) is 0 Å². The van der Waals surface area contributed by atoms with E-state index >= 15 is 0 Å². The van der Waals surface area contributed by atoms with Crippen LogP contribution in [0.4, 0.5) is 5.69 Å². The lowest BCUT2D eigenvalue weighted by Gasteiger charge is -2.13. The number of rotatable bonds is 8. The van der Waals surface area contributed by atoms with Crippen molar-refractivity contribution in [2.24, 2.45) is 5.16 Å². The average molecular weight is 486 g/mol. The van der Waals surface area contributed by atoms with Crippen molar-refractivity contribution in [3.05, 3.63) is 106 Å². The lowest BCUT2D eigenvalue weighted by Crippen LogP contribution is -2.24. The van der Waals surface area contributed by atoms with Crippen molar-refractivity contribution in [1.29, 1.82) is 0 Å². The highest BCUT2D eigenvalue weighted by Gasteiger charge is 2.26. The Morgan fingerprint density at radius 3 is 2.81 bits per heavy atom. The first kappa shape index (κ1) is 23.0. The highest BCUT2D eigenvalue weighted by molar-refractivity contribution is 6.01. The second kappa shape index (κ2) is 9.87. The lowest BCUT2D eigenvalue weighted by molar-refractivity contribution is -0.384. The number of benzene rings is 2. The number of hydrogen-bond acceptors (Lipinski definition) is 7. The molecule has 3 heterocycles. The third kappa shape index (κ3) is 4.88. The van der Waals surface area contributed by atoms with E-state index in [1.54, 1.807) is 41.3 Å². The fourth-order valence-corrected chi connectivity index (χ4v) is 4.10. The van der Waals surface area contributed by atoms with Crippen LogP contribution >= 0.6 is 0 Å². The molecule has 10 heteroatoms. The summed E-state index contributed by atoms with van der Waals surface area (Å²) < 4.78 is 7.03. The number of hydrogen-bond donors (Lipinski definition) is 1. The quantitative estimate of drug-likeness (QED) is 0.290. The predicted molar refractivity (Wildman–Crippen MR) is 131 cm³/mol. The molecule has 5 rings (SSSR count). The molecule has 36 heavy (non-hydrogen) atoms. The summed E-state index contributed by atoms with van der Waals surface area (Å²) in [6, 6.07) is 19.5. The molecule has 0 bridgehead atoms. The summed E-state index contributed by atoms with van der Waals surface area (Å²) in [7, 11) is 0. The number of nitrogens with one attached hydrogen (secondary N) is 1. The van der Waals surface area contributed by atoms with Gasteiger partial charge in [0.15, 0.2) is 11.8 Å². The number of nitro benzene ring substituents is 1. The summed E-state index contributed by atoms with van der Waals surface area (Å²) in [5.41, 5.74) is 4.32. The number of aromatic nitrogens is 2. The summed E-state index contributed by atoms with van der Waals surface area (Å²) in [4.78, 5) is 29.2. The molecule has 1 atom stereocenters. The van der Waals surface area contributed by atoms with Gasteiger partial charge < -0.3 is 14.6 Å². The van der Waals surface area contributed by atoms with Crippen molar-refractivity contribution in [3.63, 3.8) is 0 Å². The molecule has 2 aromatic carbocycles. The fourth-order valence-electron chi connectivity index (χ4n) is 4.10. The van der Waals surface area contributed by atoms with Crippen LogP contribution in [0.1, 0.15) is 33.8 Å². The van der Waals surface area contributed by atoms with Gasteiger partial charge >= 0.3 is 0 Å². The molecule has 0 spiro atoms. The Balaban J connectivity index is 1.36. The van der Waals surface area contributed by atoms with Crippen LogP contribution in [0.15, 0.2) is 82.6 Å². The Morgan fingerprint density at radius 2 is 2.03 bits per heavy atom. The van der Waals surface area contributed by atoms with E-state index in [2.05, 4.69) is 15.6 Å². The second-order valence-corrected chi connectivity index (χ2v) is 8.45. The van der Waals surface area contributed by atoms with Gasteiger partial charge in [-0.15, -0.1) is 0 Å². The zero-order valence-electron chi connectivity index (χ0n) is 19.5. The Morgan fingerprint density at radius 1 is 1.17 bits per heavy atom. The molecular formula is C26H23N5O5. The van der Waals surface area contributed by atoms with Crippen molar-refractivity contribution < 1.29 is 19.0 Å². The maximum Gasteiger partial charge on any atom is 0.272 e. The standard InChI is InChI=1S/C26H23N5O5/c1-17-6-2-3-10-22(17)25-14-24(26(32)27-15-20-9-5-11-35-20)28-30(25)16-21-13-23(29-36-21)18-7-4-8-19(12-18)31(33)34/h2-12,14,21H,13,15-16H2,1H3,(H,27,32). The summed E-state index contributed by atoms with van der Waals surface area (Å²) >= 11 is 0. The van der Waals surface area contributed by atoms with Gasteiger partial charge in [0.1, 0.15) is 5.76 Å². The van der Waals surface area contributed by atoms with Gasteiger partial charge in [0.2, 0.25) is 0 Å². The number of carbonyl (C=O) groups excluding carboxylic acids is 1. The summed E-state index contributed by atoms with van der Waals surface area (Å²) in [5.74, 6) is 0.327. The summed E-state index contributed by atoms with van der Waals surface area (Å²) in [5, 5.41) is 22.7.